The van der Waals surface area contributed by atoms with Crippen LogP contribution in [0.2, 0.25) is 0 Å². The van der Waals surface area contributed by atoms with Gasteiger partial charge in [0.15, 0.2) is 0 Å². The summed E-state index contributed by atoms with van der Waals surface area (Å²) in [5, 5.41) is 0. The Hall–Kier alpha value is -1.11. The Labute approximate surface area is 105 Å². The van der Waals surface area contributed by atoms with E-state index in [1.165, 1.54) is 24.0 Å². The van der Waals surface area contributed by atoms with Crippen LogP contribution in [0.5, 0.6) is 0 Å². The van der Waals surface area contributed by atoms with Crippen LogP contribution in [0.3, 0.4) is 0 Å². The summed E-state index contributed by atoms with van der Waals surface area (Å²) in [4.78, 5) is 11.6. The van der Waals surface area contributed by atoms with Crippen LogP contribution in [0.25, 0.3) is 0 Å². The summed E-state index contributed by atoms with van der Waals surface area (Å²) in [7, 11) is 0. The van der Waals surface area contributed by atoms with Crippen LogP contribution in [-0.2, 0) is 17.6 Å². The maximum Gasteiger partial charge on any atom is 0.135 e. The maximum absolute atomic E-state index is 11.6. The van der Waals surface area contributed by atoms with Crippen LogP contribution < -0.4 is 0 Å². The number of Topliss-reactive ketones (excluding diaryl/α,β-unsaturated/α-hetero) is 1. The first kappa shape index (κ1) is 14.0. The fourth-order valence-corrected chi connectivity index (χ4v) is 1.96. The highest BCUT2D eigenvalue weighted by molar-refractivity contribution is 5.80. The molecule has 0 bridgehead atoms. The largest absolute Gasteiger partial charge is 0.299 e. The molecule has 1 nitrogen and oxygen atoms in total. The summed E-state index contributed by atoms with van der Waals surface area (Å²) in [5.74, 6) is 0.535. The van der Waals surface area contributed by atoms with Gasteiger partial charge in [0.05, 0.1) is 0 Å². The molecule has 0 heterocycles. The van der Waals surface area contributed by atoms with Crippen molar-refractivity contribution < 1.29 is 4.79 Å². The summed E-state index contributed by atoms with van der Waals surface area (Å²) in [5.41, 5.74) is 2.78. The lowest BCUT2D eigenvalue weighted by atomic mass is 9.95. The molecule has 1 aromatic rings. The number of unbranched alkanes of at least 4 members (excludes halogenated alkanes) is 1. The Morgan fingerprint density at radius 2 is 1.71 bits per heavy atom. The smallest absolute Gasteiger partial charge is 0.135 e. The molecule has 0 aliphatic carbocycles. The average molecular weight is 232 g/mol. The molecule has 0 saturated carbocycles. The van der Waals surface area contributed by atoms with Crippen molar-refractivity contribution in [2.75, 3.05) is 0 Å². The van der Waals surface area contributed by atoms with Gasteiger partial charge in [-0.05, 0) is 30.4 Å². The van der Waals surface area contributed by atoms with Crippen LogP contribution in [0.1, 0.15) is 51.2 Å². The zero-order valence-electron chi connectivity index (χ0n) is 11.3. The number of hydrogen-bond acceptors (Lipinski definition) is 1. The van der Waals surface area contributed by atoms with Crippen LogP contribution in [0.15, 0.2) is 24.3 Å². The molecule has 0 amide bonds. The zero-order valence-corrected chi connectivity index (χ0v) is 11.3. The van der Waals surface area contributed by atoms with Gasteiger partial charge in [0, 0.05) is 12.3 Å². The SMILES string of the molecule is CCCCc1ccccc1CCC(=O)C(C)C. The molecular weight excluding hydrogens is 208 g/mol. The second-order valence-electron chi connectivity index (χ2n) is 4.99. The first-order valence-electron chi connectivity index (χ1n) is 6.74. The molecule has 0 N–H and O–H groups in total. The van der Waals surface area contributed by atoms with Crippen molar-refractivity contribution in [3.8, 4) is 0 Å². The number of ketones is 1. The summed E-state index contributed by atoms with van der Waals surface area (Å²) in [6.45, 7) is 6.17. The van der Waals surface area contributed by atoms with Crippen LogP contribution in [-0.4, -0.2) is 5.78 Å². The van der Waals surface area contributed by atoms with Gasteiger partial charge in [-0.1, -0.05) is 51.5 Å². The lowest BCUT2D eigenvalue weighted by molar-refractivity contribution is -0.121. The van der Waals surface area contributed by atoms with Crippen LogP contribution >= 0.6 is 0 Å². The Bertz CT molecular complexity index is 352. The van der Waals surface area contributed by atoms with Crippen molar-refractivity contribution in [2.24, 2.45) is 5.92 Å². The number of rotatable bonds is 7. The highest BCUT2D eigenvalue weighted by atomic mass is 16.1. The quantitative estimate of drug-likeness (QED) is 0.689. The van der Waals surface area contributed by atoms with E-state index in [1.807, 2.05) is 13.8 Å². The minimum Gasteiger partial charge on any atom is -0.299 e. The zero-order chi connectivity index (χ0) is 12.7. The third kappa shape index (κ3) is 4.72. The fraction of sp³-hybridized carbons (Fsp3) is 0.562. The van der Waals surface area contributed by atoms with Gasteiger partial charge < -0.3 is 0 Å². The lowest BCUT2D eigenvalue weighted by Gasteiger charge is -2.09. The molecule has 1 rings (SSSR count). The first-order valence-corrected chi connectivity index (χ1v) is 6.74. The first-order chi connectivity index (χ1) is 8.15. The molecule has 0 aromatic heterocycles. The second kappa shape index (κ2) is 7.26. The summed E-state index contributed by atoms with van der Waals surface area (Å²) < 4.78 is 0. The molecule has 0 spiro atoms. The van der Waals surface area contributed by atoms with Gasteiger partial charge in [0.2, 0.25) is 0 Å². The topological polar surface area (TPSA) is 17.1 Å². The van der Waals surface area contributed by atoms with E-state index < -0.39 is 0 Å². The van der Waals surface area contributed by atoms with Gasteiger partial charge in [-0.25, -0.2) is 0 Å². The molecule has 94 valence electrons. The number of benzene rings is 1. The molecule has 17 heavy (non-hydrogen) atoms. The van der Waals surface area contributed by atoms with Crippen molar-refractivity contribution in [1.29, 1.82) is 0 Å². The third-order valence-electron chi connectivity index (χ3n) is 3.20. The minimum atomic E-state index is 0.165. The van der Waals surface area contributed by atoms with E-state index in [9.17, 15) is 4.79 Å². The van der Waals surface area contributed by atoms with Crippen LogP contribution in [0.4, 0.5) is 0 Å². The van der Waals surface area contributed by atoms with E-state index in [1.54, 1.807) is 0 Å². The fourth-order valence-electron chi connectivity index (χ4n) is 1.96. The molecule has 0 aliphatic heterocycles. The summed E-state index contributed by atoms with van der Waals surface area (Å²) in [6.07, 6.45) is 5.18. The van der Waals surface area contributed by atoms with E-state index in [0.29, 0.717) is 12.2 Å². The molecular formula is C16H24O. The van der Waals surface area contributed by atoms with E-state index in [4.69, 9.17) is 0 Å². The van der Waals surface area contributed by atoms with Crippen molar-refractivity contribution in [2.45, 2.75) is 52.9 Å². The van der Waals surface area contributed by atoms with Crippen molar-refractivity contribution in [3.05, 3.63) is 35.4 Å². The van der Waals surface area contributed by atoms with Gasteiger partial charge in [0.25, 0.3) is 0 Å². The van der Waals surface area contributed by atoms with E-state index in [2.05, 4.69) is 31.2 Å². The minimum absolute atomic E-state index is 0.165. The van der Waals surface area contributed by atoms with Gasteiger partial charge in [-0.2, -0.15) is 0 Å². The normalized spacial score (nSPS) is 10.8. The van der Waals surface area contributed by atoms with Crippen molar-refractivity contribution in [1.82, 2.24) is 0 Å². The summed E-state index contributed by atoms with van der Waals surface area (Å²) >= 11 is 0. The lowest BCUT2D eigenvalue weighted by Crippen LogP contribution is -2.08. The highest BCUT2D eigenvalue weighted by Gasteiger charge is 2.08. The Kier molecular flexibility index (Phi) is 5.96. The maximum atomic E-state index is 11.6. The van der Waals surface area contributed by atoms with Gasteiger partial charge in [0.1, 0.15) is 5.78 Å². The van der Waals surface area contributed by atoms with E-state index >= 15 is 0 Å². The number of carbonyl (C=O) groups is 1. The van der Waals surface area contributed by atoms with Gasteiger partial charge in [-0.3, -0.25) is 4.79 Å². The number of carbonyl (C=O) groups excluding carboxylic acids is 1. The highest BCUT2D eigenvalue weighted by Crippen LogP contribution is 2.15. The van der Waals surface area contributed by atoms with Crippen molar-refractivity contribution >= 4 is 5.78 Å². The number of aryl methyl sites for hydroxylation is 2. The standard InChI is InChI=1S/C16H24O/c1-4-5-8-14-9-6-7-10-15(14)11-12-16(17)13(2)3/h6-7,9-10,13H,4-5,8,11-12H2,1-3H3. The summed E-state index contributed by atoms with van der Waals surface area (Å²) in [6, 6.07) is 8.53. The Morgan fingerprint density at radius 3 is 2.24 bits per heavy atom. The molecule has 0 saturated heterocycles. The van der Waals surface area contributed by atoms with Gasteiger partial charge in [-0.15, -0.1) is 0 Å². The third-order valence-corrected chi connectivity index (χ3v) is 3.20. The molecule has 0 aliphatic rings. The van der Waals surface area contributed by atoms with Crippen molar-refractivity contribution in [3.63, 3.8) is 0 Å². The molecule has 0 atom stereocenters. The Balaban J connectivity index is 2.60. The predicted octanol–water partition coefficient (Wildman–Crippen LogP) is 4.19. The average Bonchev–Trinajstić information content (AvgIpc) is 2.34. The molecule has 1 heteroatoms. The van der Waals surface area contributed by atoms with Gasteiger partial charge >= 0.3 is 0 Å². The predicted molar refractivity (Wildman–Crippen MR) is 73.2 cm³/mol. The van der Waals surface area contributed by atoms with E-state index in [-0.39, 0.29) is 5.92 Å². The second-order valence-corrected chi connectivity index (χ2v) is 4.99. The monoisotopic (exact) mass is 232 g/mol. The molecule has 1 aromatic carbocycles. The molecule has 0 radical (unpaired) electrons. The van der Waals surface area contributed by atoms with E-state index in [0.717, 1.165) is 12.8 Å². The molecule has 0 unspecified atom stereocenters. The molecule has 0 fully saturated rings. The Morgan fingerprint density at radius 1 is 1.12 bits per heavy atom. The van der Waals surface area contributed by atoms with Crippen LogP contribution in [0, 0.1) is 5.92 Å². The number of hydrogen-bond donors (Lipinski definition) is 0.